The summed E-state index contributed by atoms with van der Waals surface area (Å²) >= 11 is 0. The number of ketones is 1. The summed E-state index contributed by atoms with van der Waals surface area (Å²) in [6.45, 7) is 5.48. The summed E-state index contributed by atoms with van der Waals surface area (Å²) in [7, 11) is 2.10. The van der Waals surface area contributed by atoms with Crippen molar-refractivity contribution in [3.63, 3.8) is 0 Å². The maximum Gasteiger partial charge on any atom is 0.266 e. The molecule has 1 aromatic heterocycles. The summed E-state index contributed by atoms with van der Waals surface area (Å²) < 4.78 is 4.12. The molecule has 7 heteroatoms. The molecule has 2 atom stereocenters. The predicted octanol–water partition coefficient (Wildman–Crippen LogP) is 2.24. The summed E-state index contributed by atoms with van der Waals surface area (Å²) in [5.41, 5.74) is 5.06. The number of nitrogens with zero attached hydrogens (tertiary/aromatic N) is 4. The van der Waals surface area contributed by atoms with Gasteiger partial charge in [0.05, 0.1) is 0 Å². The smallest absolute Gasteiger partial charge is 0.266 e. The second-order valence-corrected chi connectivity index (χ2v) is 11.4. The molecule has 208 valence electrons. The van der Waals surface area contributed by atoms with Crippen LogP contribution < -0.4 is 26.4 Å². The van der Waals surface area contributed by atoms with Gasteiger partial charge >= 0.3 is 0 Å². The van der Waals surface area contributed by atoms with E-state index in [0.717, 1.165) is 40.6 Å². The minimum absolute atomic E-state index is 0. The Morgan fingerprint density at radius 3 is 2.46 bits per heavy atom. The molecule has 2 aliphatic rings. The van der Waals surface area contributed by atoms with Gasteiger partial charge in [-0.3, -0.25) is 9.59 Å². The Balaban J connectivity index is 0.00000302. The van der Waals surface area contributed by atoms with Crippen LogP contribution in [0.3, 0.4) is 0 Å². The third-order valence-electron chi connectivity index (χ3n) is 9.23. The van der Waals surface area contributed by atoms with E-state index >= 15 is 0 Å². The third-order valence-corrected chi connectivity index (χ3v) is 9.23. The average Bonchev–Trinajstić information content (AvgIpc) is 3.54. The van der Waals surface area contributed by atoms with Crippen molar-refractivity contribution in [2.24, 2.45) is 0 Å². The molecule has 4 aromatic carbocycles. The van der Waals surface area contributed by atoms with Crippen LogP contribution in [0.4, 0.5) is 5.69 Å². The van der Waals surface area contributed by atoms with E-state index in [4.69, 9.17) is 0 Å². The van der Waals surface area contributed by atoms with E-state index in [-0.39, 0.29) is 53.3 Å². The molecule has 3 heterocycles. The lowest BCUT2D eigenvalue weighted by atomic mass is 9.81. The quantitative estimate of drug-likeness (QED) is 0.227. The lowest BCUT2D eigenvalue weighted by molar-refractivity contribution is -0.664. The number of fused-ring (bicyclic) bond motifs is 5. The topological polar surface area (TPSA) is 49.4 Å². The molecule has 0 aliphatic carbocycles. The molecule has 6 nitrogen and oxygen atoms in total. The van der Waals surface area contributed by atoms with Crippen molar-refractivity contribution in [3.05, 3.63) is 108 Å². The van der Waals surface area contributed by atoms with Crippen LogP contribution in [0, 0.1) is 6.92 Å². The van der Waals surface area contributed by atoms with Gasteiger partial charge in [0.15, 0.2) is 24.1 Å². The van der Waals surface area contributed by atoms with E-state index in [2.05, 4.69) is 58.7 Å². The first-order valence-corrected chi connectivity index (χ1v) is 14.0. The summed E-state index contributed by atoms with van der Waals surface area (Å²) in [4.78, 5) is 31.8. The number of Topliss-reactive ketones (excluding diaryl/α,β-unsaturated/α-hetero) is 1. The van der Waals surface area contributed by atoms with Crippen molar-refractivity contribution in [2.75, 3.05) is 18.5 Å². The summed E-state index contributed by atoms with van der Waals surface area (Å²) in [6.07, 6.45) is 0.942. The molecule has 2 unspecified atom stereocenters. The first-order chi connectivity index (χ1) is 19.4. The standard InChI is InChI=1S/C34H33N4O2.BrH/c1-23-37(21-31(39)26-17-16-24-10-4-5-11-25(24)20-26)29-14-8-9-15-30(29)38(23)22-32(40)36-19-18-34(2)27-12-6-7-13-28(27)35(3)33(34)36;/h4-17,20,33H,18-19,21-22H2,1-3H3;1H/q+1;/p-1. The highest BCUT2D eigenvalue weighted by Crippen LogP contribution is 2.51. The molecular formula is C34H33BrN4O2. The molecule has 7 rings (SSSR count). The number of carbonyl (C=O) groups is 2. The molecule has 5 aromatic rings. The zero-order chi connectivity index (χ0) is 27.6. The van der Waals surface area contributed by atoms with Gasteiger partial charge < -0.3 is 26.8 Å². The number of amides is 1. The van der Waals surface area contributed by atoms with Crippen LogP contribution in [0.15, 0.2) is 91.0 Å². The van der Waals surface area contributed by atoms with Gasteiger partial charge in [-0.1, -0.05) is 73.7 Å². The van der Waals surface area contributed by atoms with E-state index in [1.807, 2.05) is 72.2 Å². The number of rotatable bonds is 5. The summed E-state index contributed by atoms with van der Waals surface area (Å²) in [5.74, 6) is 1.05. The van der Waals surface area contributed by atoms with Gasteiger partial charge in [0, 0.05) is 37.2 Å². The fraction of sp³-hybridized carbons (Fsp3) is 0.265. The van der Waals surface area contributed by atoms with E-state index in [9.17, 15) is 9.59 Å². The van der Waals surface area contributed by atoms with Gasteiger partial charge in [-0.05, 0) is 47.0 Å². The third kappa shape index (κ3) is 4.17. The first-order valence-electron chi connectivity index (χ1n) is 14.0. The second-order valence-electron chi connectivity index (χ2n) is 11.4. The zero-order valence-electron chi connectivity index (χ0n) is 23.5. The number of hydrogen-bond donors (Lipinski definition) is 0. The Kier molecular flexibility index (Phi) is 6.73. The Labute approximate surface area is 250 Å². The van der Waals surface area contributed by atoms with Crippen LogP contribution in [0.2, 0.25) is 0 Å². The van der Waals surface area contributed by atoms with Crippen molar-refractivity contribution in [1.82, 2.24) is 9.47 Å². The van der Waals surface area contributed by atoms with E-state index in [1.54, 1.807) is 0 Å². The maximum absolute atomic E-state index is 14.0. The Morgan fingerprint density at radius 1 is 0.927 bits per heavy atom. The molecule has 0 spiro atoms. The number of likely N-dealkylation sites (tertiary alicyclic amines) is 1. The van der Waals surface area contributed by atoms with Gasteiger partial charge in [0.25, 0.3) is 11.7 Å². The number of carbonyl (C=O) groups excluding carboxylic acids is 2. The van der Waals surface area contributed by atoms with Gasteiger partial charge in [0.2, 0.25) is 5.78 Å². The Hall–Kier alpha value is -3.97. The van der Waals surface area contributed by atoms with Crippen LogP contribution in [0.5, 0.6) is 0 Å². The highest BCUT2D eigenvalue weighted by molar-refractivity contribution is 5.99. The lowest BCUT2D eigenvalue weighted by Gasteiger charge is -2.34. The number of benzene rings is 4. The van der Waals surface area contributed by atoms with Crippen LogP contribution in [-0.4, -0.2) is 40.9 Å². The van der Waals surface area contributed by atoms with Crippen molar-refractivity contribution in [2.45, 2.75) is 44.9 Å². The largest absolute Gasteiger partial charge is 1.00 e. The van der Waals surface area contributed by atoms with Gasteiger partial charge in [-0.15, -0.1) is 0 Å². The first kappa shape index (κ1) is 27.2. The van der Waals surface area contributed by atoms with E-state index in [0.29, 0.717) is 5.56 Å². The Morgan fingerprint density at radius 2 is 1.63 bits per heavy atom. The van der Waals surface area contributed by atoms with Crippen molar-refractivity contribution in [3.8, 4) is 0 Å². The van der Waals surface area contributed by atoms with Crippen LogP contribution in [-0.2, 0) is 23.3 Å². The van der Waals surface area contributed by atoms with Gasteiger partial charge in [0.1, 0.15) is 6.17 Å². The number of aromatic nitrogens is 2. The average molecular weight is 610 g/mol. The number of halogens is 1. The molecule has 1 saturated heterocycles. The molecule has 1 amide bonds. The Bertz CT molecular complexity index is 1830. The number of para-hydroxylation sites is 3. The normalized spacial score (nSPS) is 19.3. The fourth-order valence-electron chi connectivity index (χ4n) is 7.15. The molecule has 0 bridgehead atoms. The highest BCUT2D eigenvalue weighted by atomic mass is 79.9. The van der Waals surface area contributed by atoms with E-state index < -0.39 is 0 Å². The molecular weight excluding hydrogens is 576 g/mol. The lowest BCUT2D eigenvalue weighted by Crippen LogP contribution is -3.00. The molecule has 0 saturated carbocycles. The number of anilines is 1. The minimum atomic E-state index is -0.0824. The summed E-state index contributed by atoms with van der Waals surface area (Å²) in [5, 5.41) is 2.17. The summed E-state index contributed by atoms with van der Waals surface area (Å²) in [6, 6.07) is 30.5. The van der Waals surface area contributed by atoms with Gasteiger partial charge in [-0.2, -0.15) is 0 Å². The van der Waals surface area contributed by atoms with Crippen LogP contribution >= 0.6 is 0 Å². The number of likely N-dealkylation sites (N-methyl/N-ethyl adjacent to an activating group) is 1. The molecule has 41 heavy (non-hydrogen) atoms. The van der Waals surface area contributed by atoms with Crippen LogP contribution in [0.25, 0.3) is 21.8 Å². The predicted molar refractivity (Wildman–Crippen MR) is 157 cm³/mol. The molecule has 2 aliphatic heterocycles. The molecule has 1 fully saturated rings. The molecule has 0 radical (unpaired) electrons. The maximum atomic E-state index is 14.0. The second kappa shape index (κ2) is 10.1. The highest BCUT2D eigenvalue weighted by Gasteiger charge is 2.54. The number of hydrogen-bond acceptors (Lipinski definition) is 3. The van der Waals surface area contributed by atoms with Gasteiger partial charge in [-0.25, -0.2) is 9.13 Å². The van der Waals surface area contributed by atoms with Crippen LogP contribution in [0.1, 0.15) is 35.1 Å². The minimum Gasteiger partial charge on any atom is -1.00 e. The van der Waals surface area contributed by atoms with Crippen molar-refractivity contribution in [1.29, 1.82) is 0 Å². The monoisotopic (exact) mass is 608 g/mol. The number of imidazole rings is 1. The van der Waals surface area contributed by atoms with Crippen molar-refractivity contribution >= 4 is 39.2 Å². The fourth-order valence-corrected chi connectivity index (χ4v) is 7.15. The van der Waals surface area contributed by atoms with Crippen molar-refractivity contribution < 1.29 is 31.1 Å². The zero-order valence-corrected chi connectivity index (χ0v) is 25.1. The molecule has 0 N–H and O–H groups in total. The van der Waals surface area contributed by atoms with E-state index in [1.165, 1.54) is 11.3 Å². The SMILES string of the molecule is Cc1n(CC(=O)N2CCC3(C)c4ccccc4N(C)C23)c2ccccc2[n+]1CC(=O)c1ccc2ccccc2c1.[Br-].